The zero-order valence-corrected chi connectivity index (χ0v) is 7.19. The maximum atomic E-state index is 10.8. The third-order valence-corrected chi connectivity index (χ3v) is 1.87. The molecule has 0 fully saturated rings. The van der Waals surface area contributed by atoms with Gasteiger partial charge in [-0.3, -0.25) is 15.0 Å². The van der Waals surface area contributed by atoms with Gasteiger partial charge in [0, 0.05) is 0 Å². The number of hydrogen-bond acceptors (Lipinski definition) is 3. The Labute approximate surface area is 69.9 Å². The van der Waals surface area contributed by atoms with Gasteiger partial charge in [0.1, 0.15) is 4.47 Å². The summed E-state index contributed by atoms with van der Waals surface area (Å²) in [5, 5.41) is 4.59. The molecule has 0 aliphatic carbocycles. The summed E-state index contributed by atoms with van der Waals surface area (Å²) in [5.74, 6) is -0.588. The summed E-state index contributed by atoms with van der Waals surface area (Å²) < 4.78 is 4.53. The van der Waals surface area contributed by atoms with E-state index in [9.17, 15) is 9.59 Å². The van der Waals surface area contributed by atoms with Crippen LogP contribution in [0.15, 0.2) is 9.27 Å². The van der Waals surface area contributed by atoms with E-state index >= 15 is 0 Å². The summed E-state index contributed by atoms with van der Waals surface area (Å²) in [6.45, 7) is 0. The molecule has 0 amide bonds. The lowest BCUT2D eigenvalue weighted by Crippen LogP contribution is -2.03. The van der Waals surface area contributed by atoms with Crippen molar-refractivity contribution in [1.82, 2.24) is 10.2 Å². The van der Waals surface area contributed by atoms with Crippen LogP contribution in [0.5, 0.6) is 0 Å². The van der Waals surface area contributed by atoms with Crippen molar-refractivity contribution in [2.45, 2.75) is 0 Å². The fourth-order valence-electron chi connectivity index (χ4n) is 0.585. The van der Waals surface area contributed by atoms with Gasteiger partial charge in [0.25, 0.3) is 5.56 Å². The van der Waals surface area contributed by atoms with Crippen LogP contribution in [0, 0.1) is 0 Å². The molecule has 0 aliphatic rings. The Balaban J connectivity index is 3.15. The van der Waals surface area contributed by atoms with Crippen molar-refractivity contribution in [1.29, 1.82) is 0 Å². The minimum absolute atomic E-state index is 0.0949. The number of nitrogens with one attached hydrogen (secondary N) is 2. The molecule has 0 spiro atoms. The second kappa shape index (κ2) is 2.91. The Kier molecular flexibility index (Phi) is 2.13. The molecule has 1 aromatic rings. The molecule has 1 rings (SSSR count). The number of H-pyrrole nitrogens is 2. The fourth-order valence-corrected chi connectivity index (χ4v) is 0.945. The molecule has 5 nitrogen and oxygen atoms in total. The molecule has 0 saturated carbocycles. The SMILES string of the molecule is COC(=O)c1[nH][nH]c(=O)c1Br. The van der Waals surface area contributed by atoms with Crippen LogP contribution in [-0.4, -0.2) is 23.3 Å². The molecule has 0 saturated heterocycles. The zero-order chi connectivity index (χ0) is 8.43. The van der Waals surface area contributed by atoms with Crippen LogP contribution >= 0.6 is 15.9 Å². The molecule has 1 aromatic heterocycles. The number of ether oxygens (including phenoxy) is 1. The summed E-state index contributed by atoms with van der Waals surface area (Å²) in [5.41, 5.74) is -0.289. The number of carbonyl (C=O) groups excluding carboxylic acids is 1. The Bertz CT molecular complexity index is 327. The van der Waals surface area contributed by atoms with Crippen LogP contribution in [0.4, 0.5) is 0 Å². The van der Waals surface area contributed by atoms with Crippen molar-refractivity contribution in [2.24, 2.45) is 0 Å². The zero-order valence-electron chi connectivity index (χ0n) is 5.60. The Morgan fingerprint density at radius 1 is 1.55 bits per heavy atom. The molecule has 0 unspecified atom stereocenters. The van der Waals surface area contributed by atoms with E-state index in [1.54, 1.807) is 0 Å². The maximum absolute atomic E-state index is 10.8. The minimum Gasteiger partial charge on any atom is -0.464 e. The summed E-state index contributed by atoms with van der Waals surface area (Å²) in [4.78, 5) is 21.5. The van der Waals surface area contributed by atoms with E-state index in [2.05, 4.69) is 30.9 Å². The smallest absolute Gasteiger partial charge is 0.357 e. The van der Waals surface area contributed by atoms with E-state index in [0.717, 1.165) is 0 Å². The highest BCUT2D eigenvalue weighted by atomic mass is 79.9. The number of esters is 1. The molecule has 0 aromatic carbocycles. The molecule has 1 heterocycles. The summed E-state index contributed by atoms with van der Waals surface area (Å²) >= 11 is 2.92. The average Bonchev–Trinajstić information content (AvgIpc) is 2.32. The lowest BCUT2D eigenvalue weighted by Gasteiger charge is -1.92. The third kappa shape index (κ3) is 1.35. The van der Waals surface area contributed by atoms with Crippen molar-refractivity contribution in [3.63, 3.8) is 0 Å². The van der Waals surface area contributed by atoms with E-state index in [1.165, 1.54) is 7.11 Å². The topological polar surface area (TPSA) is 75.0 Å². The molecule has 2 N–H and O–H groups in total. The van der Waals surface area contributed by atoms with Crippen LogP contribution < -0.4 is 5.56 Å². The van der Waals surface area contributed by atoms with Gasteiger partial charge in [-0.1, -0.05) is 0 Å². The fraction of sp³-hybridized carbons (Fsp3) is 0.200. The minimum atomic E-state index is -0.588. The van der Waals surface area contributed by atoms with E-state index in [0.29, 0.717) is 0 Å². The van der Waals surface area contributed by atoms with Crippen LogP contribution in [0.25, 0.3) is 0 Å². The van der Waals surface area contributed by atoms with Gasteiger partial charge in [0.15, 0.2) is 5.69 Å². The quantitative estimate of drug-likeness (QED) is 0.667. The summed E-state index contributed by atoms with van der Waals surface area (Å²) in [6.07, 6.45) is 0. The van der Waals surface area contributed by atoms with Gasteiger partial charge in [-0.2, -0.15) is 0 Å². The molecule has 0 radical (unpaired) electrons. The van der Waals surface area contributed by atoms with Crippen molar-refractivity contribution in [2.75, 3.05) is 7.11 Å². The van der Waals surface area contributed by atoms with Gasteiger partial charge < -0.3 is 4.74 Å². The first-order valence-electron chi connectivity index (χ1n) is 2.71. The van der Waals surface area contributed by atoms with Crippen LogP contribution in [-0.2, 0) is 4.74 Å². The molecule has 6 heteroatoms. The highest BCUT2D eigenvalue weighted by molar-refractivity contribution is 9.10. The van der Waals surface area contributed by atoms with Crippen LogP contribution in [0.2, 0.25) is 0 Å². The van der Waals surface area contributed by atoms with Gasteiger partial charge in [0.2, 0.25) is 0 Å². The standard InChI is InChI=1S/C5H5BrN2O3/c1-11-5(10)3-2(6)4(9)8-7-3/h1H3,(H2,7,8,9). The number of hydrogen-bond donors (Lipinski definition) is 2. The average molecular weight is 221 g/mol. The molecule has 0 bridgehead atoms. The van der Waals surface area contributed by atoms with Gasteiger partial charge in [-0.25, -0.2) is 4.79 Å². The second-order valence-electron chi connectivity index (χ2n) is 1.76. The summed E-state index contributed by atoms with van der Waals surface area (Å²) in [6, 6.07) is 0. The lowest BCUT2D eigenvalue weighted by molar-refractivity contribution is 0.0593. The van der Waals surface area contributed by atoms with E-state index < -0.39 is 5.97 Å². The first-order valence-corrected chi connectivity index (χ1v) is 3.50. The van der Waals surface area contributed by atoms with Crippen molar-refractivity contribution >= 4 is 21.9 Å². The molecular formula is C5H5BrN2O3. The first kappa shape index (κ1) is 8.06. The number of aromatic amines is 2. The number of halogens is 1. The predicted molar refractivity (Wildman–Crippen MR) is 40.5 cm³/mol. The number of rotatable bonds is 1. The highest BCUT2D eigenvalue weighted by Crippen LogP contribution is 2.08. The summed E-state index contributed by atoms with van der Waals surface area (Å²) in [7, 11) is 1.24. The molecule has 0 atom stereocenters. The molecule has 60 valence electrons. The van der Waals surface area contributed by atoms with Gasteiger partial charge >= 0.3 is 5.97 Å². The Morgan fingerprint density at radius 2 is 2.18 bits per heavy atom. The van der Waals surface area contributed by atoms with Gasteiger partial charge in [-0.05, 0) is 15.9 Å². The Morgan fingerprint density at radius 3 is 2.55 bits per heavy atom. The molecular weight excluding hydrogens is 216 g/mol. The number of carbonyl (C=O) groups is 1. The molecule has 11 heavy (non-hydrogen) atoms. The number of methoxy groups -OCH3 is 1. The second-order valence-corrected chi connectivity index (χ2v) is 2.55. The number of aromatic nitrogens is 2. The van der Waals surface area contributed by atoms with Crippen molar-refractivity contribution < 1.29 is 9.53 Å². The highest BCUT2D eigenvalue weighted by Gasteiger charge is 2.14. The largest absolute Gasteiger partial charge is 0.464 e. The van der Waals surface area contributed by atoms with Crippen LogP contribution in [0.1, 0.15) is 10.5 Å². The predicted octanol–water partition coefficient (Wildman–Crippen LogP) is 0.252. The van der Waals surface area contributed by atoms with E-state index in [1.807, 2.05) is 0 Å². The third-order valence-electron chi connectivity index (χ3n) is 1.11. The van der Waals surface area contributed by atoms with Gasteiger partial charge in [0.05, 0.1) is 7.11 Å². The maximum Gasteiger partial charge on any atom is 0.357 e. The van der Waals surface area contributed by atoms with E-state index in [-0.39, 0.29) is 15.7 Å². The Hall–Kier alpha value is -1.04. The normalized spacial score (nSPS) is 9.64. The lowest BCUT2D eigenvalue weighted by atomic mass is 10.4. The van der Waals surface area contributed by atoms with Crippen molar-refractivity contribution in [3.05, 3.63) is 20.5 Å². The van der Waals surface area contributed by atoms with E-state index in [4.69, 9.17) is 0 Å². The van der Waals surface area contributed by atoms with Crippen molar-refractivity contribution in [3.8, 4) is 0 Å². The first-order chi connectivity index (χ1) is 5.16. The molecule has 0 aliphatic heterocycles. The monoisotopic (exact) mass is 220 g/mol. The van der Waals surface area contributed by atoms with Crippen LogP contribution in [0.3, 0.4) is 0 Å². The van der Waals surface area contributed by atoms with Gasteiger partial charge in [-0.15, -0.1) is 0 Å².